The SMILES string of the molecule is Cc1cc(OC2CCOC2)ccc1C(N)=S. The van der Waals surface area contributed by atoms with Gasteiger partial charge >= 0.3 is 0 Å². The Kier molecular flexibility index (Phi) is 3.41. The highest BCUT2D eigenvalue weighted by Gasteiger charge is 2.17. The summed E-state index contributed by atoms with van der Waals surface area (Å²) in [5, 5.41) is 0. The van der Waals surface area contributed by atoms with Gasteiger partial charge in [-0.15, -0.1) is 0 Å². The van der Waals surface area contributed by atoms with Crippen LogP contribution in [0.4, 0.5) is 0 Å². The van der Waals surface area contributed by atoms with Crippen LogP contribution in [0, 0.1) is 6.92 Å². The second-order valence-electron chi connectivity index (χ2n) is 3.94. The van der Waals surface area contributed by atoms with Gasteiger partial charge in [0.05, 0.1) is 13.2 Å². The Morgan fingerprint density at radius 2 is 2.38 bits per heavy atom. The summed E-state index contributed by atoms with van der Waals surface area (Å²) in [6.45, 7) is 3.44. The van der Waals surface area contributed by atoms with Gasteiger partial charge in [0.1, 0.15) is 16.8 Å². The highest BCUT2D eigenvalue weighted by molar-refractivity contribution is 7.80. The van der Waals surface area contributed by atoms with Crippen LogP contribution in [0.25, 0.3) is 0 Å². The van der Waals surface area contributed by atoms with Crippen molar-refractivity contribution in [3.05, 3.63) is 29.3 Å². The van der Waals surface area contributed by atoms with Crippen molar-refractivity contribution in [2.45, 2.75) is 19.4 Å². The summed E-state index contributed by atoms with van der Waals surface area (Å²) in [6, 6.07) is 5.77. The Morgan fingerprint density at radius 3 is 2.94 bits per heavy atom. The van der Waals surface area contributed by atoms with Crippen LogP contribution in [0.1, 0.15) is 17.5 Å². The van der Waals surface area contributed by atoms with Crippen molar-refractivity contribution in [2.24, 2.45) is 5.73 Å². The summed E-state index contributed by atoms with van der Waals surface area (Å²) in [4.78, 5) is 0.424. The van der Waals surface area contributed by atoms with E-state index in [-0.39, 0.29) is 6.10 Å². The number of nitrogens with two attached hydrogens (primary N) is 1. The minimum absolute atomic E-state index is 0.176. The van der Waals surface area contributed by atoms with E-state index in [9.17, 15) is 0 Å². The number of benzene rings is 1. The van der Waals surface area contributed by atoms with Crippen molar-refractivity contribution in [3.63, 3.8) is 0 Å². The molecule has 1 aromatic rings. The molecule has 0 aliphatic carbocycles. The molecule has 0 aromatic heterocycles. The molecule has 2 N–H and O–H groups in total. The molecular formula is C12H15NO2S. The van der Waals surface area contributed by atoms with E-state index in [2.05, 4.69) is 0 Å². The first-order chi connectivity index (χ1) is 7.66. The minimum atomic E-state index is 0.176. The van der Waals surface area contributed by atoms with E-state index in [0.29, 0.717) is 11.6 Å². The lowest BCUT2D eigenvalue weighted by atomic mass is 10.1. The zero-order valence-corrected chi connectivity index (χ0v) is 10.0. The van der Waals surface area contributed by atoms with E-state index in [1.807, 2.05) is 25.1 Å². The number of rotatable bonds is 3. The van der Waals surface area contributed by atoms with Crippen LogP contribution in [0.3, 0.4) is 0 Å². The molecule has 4 heteroatoms. The molecule has 2 rings (SSSR count). The zero-order valence-electron chi connectivity index (χ0n) is 9.23. The summed E-state index contributed by atoms with van der Waals surface area (Å²) in [5.41, 5.74) is 7.55. The van der Waals surface area contributed by atoms with E-state index in [1.54, 1.807) is 0 Å². The van der Waals surface area contributed by atoms with Crippen LogP contribution in [0.5, 0.6) is 5.75 Å². The molecule has 0 saturated carbocycles. The smallest absolute Gasteiger partial charge is 0.124 e. The molecule has 1 atom stereocenters. The molecular weight excluding hydrogens is 222 g/mol. The molecule has 0 radical (unpaired) electrons. The van der Waals surface area contributed by atoms with Gasteiger partial charge in [-0.3, -0.25) is 0 Å². The monoisotopic (exact) mass is 237 g/mol. The Labute approximate surface area is 101 Å². The van der Waals surface area contributed by atoms with Crippen molar-refractivity contribution >= 4 is 17.2 Å². The zero-order chi connectivity index (χ0) is 11.5. The van der Waals surface area contributed by atoms with Gasteiger partial charge in [0.2, 0.25) is 0 Å². The summed E-state index contributed by atoms with van der Waals surface area (Å²) < 4.78 is 11.0. The normalized spacial score (nSPS) is 19.7. The quantitative estimate of drug-likeness (QED) is 0.814. The summed E-state index contributed by atoms with van der Waals surface area (Å²) >= 11 is 4.95. The van der Waals surface area contributed by atoms with E-state index < -0.39 is 0 Å². The van der Waals surface area contributed by atoms with Gasteiger partial charge in [-0.2, -0.15) is 0 Å². The fraction of sp³-hybridized carbons (Fsp3) is 0.417. The molecule has 16 heavy (non-hydrogen) atoms. The van der Waals surface area contributed by atoms with Crippen molar-refractivity contribution in [1.29, 1.82) is 0 Å². The average molecular weight is 237 g/mol. The van der Waals surface area contributed by atoms with Crippen molar-refractivity contribution in [2.75, 3.05) is 13.2 Å². The molecule has 1 aliphatic heterocycles. The Balaban J connectivity index is 2.11. The molecule has 0 amide bonds. The van der Waals surface area contributed by atoms with Crippen molar-refractivity contribution < 1.29 is 9.47 Å². The Bertz CT molecular complexity index is 400. The number of aryl methyl sites for hydroxylation is 1. The van der Waals surface area contributed by atoms with Crippen LogP contribution in [-0.2, 0) is 4.74 Å². The van der Waals surface area contributed by atoms with Crippen LogP contribution in [0.2, 0.25) is 0 Å². The third-order valence-corrected chi connectivity index (χ3v) is 2.87. The van der Waals surface area contributed by atoms with Gasteiger partial charge in [-0.05, 0) is 30.7 Å². The van der Waals surface area contributed by atoms with Gasteiger partial charge in [0.15, 0.2) is 0 Å². The number of hydrogen-bond donors (Lipinski definition) is 1. The predicted molar refractivity (Wildman–Crippen MR) is 66.9 cm³/mol. The number of thiocarbonyl (C=S) groups is 1. The second kappa shape index (κ2) is 4.80. The maximum Gasteiger partial charge on any atom is 0.124 e. The van der Waals surface area contributed by atoms with Crippen LogP contribution in [0.15, 0.2) is 18.2 Å². The van der Waals surface area contributed by atoms with E-state index in [1.165, 1.54) is 0 Å². The van der Waals surface area contributed by atoms with Crippen LogP contribution < -0.4 is 10.5 Å². The first-order valence-electron chi connectivity index (χ1n) is 5.31. The van der Waals surface area contributed by atoms with Gasteiger partial charge in [0.25, 0.3) is 0 Å². The fourth-order valence-corrected chi connectivity index (χ4v) is 2.01. The van der Waals surface area contributed by atoms with Crippen LogP contribution in [-0.4, -0.2) is 24.3 Å². The highest BCUT2D eigenvalue weighted by atomic mass is 32.1. The van der Waals surface area contributed by atoms with E-state index in [4.69, 9.17) is 27.4 Å². The molecule has 0 bridgehead atoms. The summed E-state index contributed by atoms with van der Waals surface area (Å²) in [5.74, 6) is 0.855. The molecule has 1 saturated heterocycles. The first-order valence-corrected chi connectivity index (χ1v) is 5.72. The van der Waals surface area contributed by atoms with Crippen molar-refractivity contribution in [3.8, 4) is 5.75 Å². The third-order valence-electron chi connectivity index (χ3n) is 2.65. The molecule has 0 spiro atoms. The third kappa shape index (κ3) is 2.51. The van der Waals surface area contributed by atoms with Crippen LogP contribution >= 0.6 is 12.2 Å². The lowest BCUT2D eigenvalue weighted by Gasteiger charge is -2.13. The highest BCUT2D eigenvalue weighted by Crippen LogP contribution is 2.20. The molecule has 1 aliphatic rings. The lowest BCUT2D eigenvalue weighted by molar-refractivity contribution is 0.141. The van der Waals surface area contributed by atoms with Crippen molar-refractivity contribution in [1.82, 2.24) is 0 Å². The fourth-order valence-electron chi connectivity index (χ4n) is 1.78. The molecule has 86 valence electrons. The molecule has 3 nitrogen and oxygen atoms in total. The minimum Gasteiger partial charge on any atom is -0.488 e. The van der Waals surface area contributed by atoms with E-state index >= 15 is 0 Å². The van der Waals surface area contributed by atoms with Gasteiger partial charge < -0.3 is 15.2 Å². The molecule has 1 aromatic carbocycles. The standard InChI is InChI=1S/C12H15NO2S/c1-8-6-9(2-3-11(8)12(13)16)15-10-4-5-14-7-10/h2-3,6,10H,4-5,7H2,1H3,(H2,13,16). The topological polar surface area (TPSA) is 44.5 Å². The van der Waals surface area contributed by atoms with E-state index in [0.717, 1.165) is 29.9 Å². The Morgan fingerprint density at radius 1 is 1.56 bits per heavy atom. The largest absolute Gasteiger partial charge is 0.488 e. The van der Waals surface area contributed by atoms with Gasteiger partial charge in [-0.1, -0.05) is 12.2 Å². The van der Waals surface area contributed by atoms with Gasteiger partial charge in [-0.25, -0.2) is 0 Å². The maximum absolute atomic E-state index is 5.78. The molecule has 1 fully saturated rings. The maximum atomic E-state index is 5.78. The molecule has 1 heterocycles. The first kappa shape index (κ1) is 11.4. The number of hydrogen-bond acceptors (Lipinski definition) is 3. The Hall–Kier alpha value is -1.13. The average Bonchev–Trinajstić information content (AvgIpc) is 2.70. The van der Waals surface area contributed by atoms with Gasteiger partial charge in [0, 0.05) is 12.0 Å². The summed E-state index contributed by atoms with van der Waals surface area (Å²) in [6.07, 6.45) is 1.13. The number of ether oxygens (including phenoxy) is 2. The summed E-state index contributed by atoms with van der Waals surface area (Å²) in [7, 11) is 0. The predicted octanol–water partition coefficient (Wildman–Crippen LogP) is 1.80. The second-order valence-corrected chi connectivity index (χ2v) is 4.38. The molecule has 1 unspecified atom stereocenters. The lowest BCUT2D eigenvalue weighted by Crippen LogP contribution is -2.16.